The molecular weight excluding hydrogens is 274 g/mol. The summed E-state index contributed by atoms with van der Waals surface area (Å²) in [4.78, 5) is 29.6. The van der Waals surface area contributed by atoms with Crippen LogP contribution in [0.2, 0.25) is 0 Å². The van der Waals surface area contributed by atoms with E-state index in [2.05, 4.69) is 0 Å². The van der Waals surface area contributed by atoms with Crippen LogP contribution in [0, 0.1) is 5.92 Å². The Morgan fingerprint density at radius 3 is 2.71 bits per heavy atom. The minimum absolute atomic E-state index is 0.00714. The average molecular weight is 297 g/mol. The largest absolute Gasteiger partial charge is 0.469 e. The third kappa shape index (κ3) is 2.25. The van der Waals surface area contributed by atoms with Gasteiger partial charge in [0.15, 0.2) is 6.10 Å². The van der Waals surface area contributed by atoms with E-state index in [4.69, 9.17) is 14.3 Å². The Morgan fingerprint density at radius 2 is 2.00 bits per heavy atom. The van der Waals surface area contributed by atoms with Gasteiger partial charge in [-0.3, -0.25) is 9.63 Å². The molecule has 1 aliphatic carbocycles. The van der Waals surface area contributed by atoms with Gasteiger partial charge in [0.1, 0.15) is 0 Å². The molecule has 0 N–H and O–H groups in total. The molecule has 3 fully saturated rings. The van der Waals surface area contributed by atoms with Gasteiger partial charge in [0.2, 0.25) is 0 Å². The lowest BCUT2D eigenvalue weighted by Crippen LogP contribution is -2.48. The molecule has 118 valence electrons. The lowest BCUT2D eigenvalue weighted by atomic mass is 9.70. The van der Waals surface area contributed by atoms with Crippen molar-refractivity contribution in [2.75, 3.05) is 14.2 Å². The zero-order valence-corrected chi connectivity index (χ0v) is 12.7. The predicted molar refractivity (Wildman–Crippen MR) is 73.1 cm³/mol. The number of methoxy groups -OCH3 is 2. The molecule has 4 atom stereocenters. The second-order valence-corrected chi connectivity index (χ2v) is 6.30. The molecule has 0 aromatic carbocycles. The SMILES string of the molecule is COC(=O)C[C@@H]1CC[C@@]23CCCC[C@@H]2[C@@H](C(=O)OC)ON13. The Hall–Kier alpha value is -1.14. The summed E-state index contributed by atoms with van der Waals surface area (Å²) in [6.45, 7) is 0. The number of carbonyl (C=O) groups is 2. The number of hydrogen-bond acceptors (Lipinski definition) is 6. The first kappa shape index (κ1) is 14.8. The van der Waals surface area contributed by atoms with Gasteiger partial charge in [-0.25, -0.2) is 4.79 Å². The Balaban J connectivity index is 1.83. The highest BCUT2D eigenvalue weighted by molar-refractivity contribution is 5.75. The summed E-state index contributed by atoms with van der Waals surface area (Å²) in [6, 6.07) is 0.00714. The standard InChI is InChI=1S/C15H23NO5/c1-19-12(17)9-10-6-8-15-7-4-3-5-11(15)13(14(18)20-2)21-16(10)15/h10-11,13H,3-9H2,1-2H3/t10-,11+,13-,15-/m0/s1. The maximum Gasteiger partial charge on any atom is 0.337 e. The molecule has 0 radical (unpaired) electrons. The lowest BCUT2D eigenvalue weighted by Gasteiger charge is -2.39. The van der Waals surface area contributed by atoms with E-state index in [1.165, 1.54) is 14.2 Å². The Morgan fingerprint density at radius 1 is 1.19 bits per heavy atom. The van der Waals surface area contributed by atoms with Gasteiger partial charge in [-0.1, -0.05) is 12.8 Å². The van der Waals surface area contributed by atoms with Crippen molar-refractivity contribution < 1.29 is 23.9 Å². The van der Waals surface area contributed by atoms with Gasteiger partial charge in [0.05, 0.1) is 26.2 Å². The van der Waals surface area contributed by atoms with Gasteiger partial charge in [0, 0.05) is 12.0 Å². The van der Waals surface area contributed by atoms with E-state index in [0.717, 1.165) is 38.5 Å². The van der Waals surface area contributed by atoms with Gasteiger partial charge in [0.25, 0.3) is 0 Å². The van der Waals surface area contributed by atoms with Crippen LogP contribution in [0.5, 0.6) is 0 Å². The maximum atomic E-state index is 12.0. The van der Waals surface area contributed by atoms with Gasteiger partial charge in [-0.05, 0) is 25.7 Å². The maximum absolute atomic E-state index is 12.0. The molecule has 21 heavy (non-hydrogen) atoms. The number of carbonyl (C=O) groups excluding carboxylic acids is 2. The smallest absolute Gasteiger partial charge is 0.337 e. The number of ether oxygens (including phenoxy) is 2. The van der Waals surface area contributed by atoms with Crippen molar-refractivity contribution in [1.29, 1.82) is 0 Å². The van der Waals surface area contributed by atoms with Crippen molar-refractivity contribution >= 4 is 11.9 Å². The van der Waals surface area contributed by atoms with E-state index < -0.39 is 6.10 Å². The summed E-state index contributed by atoms with van der Waals surface area (Å²) in [5, 5.41) is 1.95. The fourth-order valence-electron chi connectivity index (χ4n) is 4.45. The van der Waals surface area contributed by atoms with E-state index in [1.54, 1.807) is 0 Å². The zero-order chi connectivity index (χ0) is 15.0. The van der Waals surface area contributed by atoms with Gasteiger partial charge in [-0.2, -0.15) is 5.06 Å². The summed E-state index contributed by atoms with van der Waals surface area (Å²) in [7, 11) is 2.80. The van der Waals surface area contributed by atoms with Crippen molar-refractivity contribution in [3.63, 3.8) is 0 Å². The molecule has 2 saturated heterocycles. The fourth-order valence-corrected chi connectivity index (χ4v) is 4.45. The molecule has 0 aromatic rings. The molecule has 0 amide bonds. The number of esters is 2. The number of nitrogens with zero attached hydrogens (tertiary/aromatic N) is 1. The summed E-state index contributed by atoms with van der Waals surface area (Å²) in [6.07, 6.45) is 5.99. The van der Waals surface area contributed by atoms with Crippen LogP contribution in [0.4, 0.5) is 0 Å². The van der Waals surface area contributed by atoms with E-state index in [-0.39, 0.29) is 29.4 Å². The first-order chi connectivity index (χ1) is 10.1. The Bertz CT molecular complexity index is 440. The van der Waals surface area contributed by atoms with E-state index in [1.807, 2.05) is 5.06 Å². The quantitative estimate of drug-likeness (QED) is 0.734. The molecule has 3 rings (SSSR count). The van der Waals surface area contributed by atoms with Crippen LogP contribution in [-0.4, -0.2) is 48.9 Å². The topological polar surface area (TPSA) is 65.1 Å². The molecule has 2 heterocycles. The molecule has 0 aromatic heterocycles. The first-order valence-corrected chi connectivity index (χ1v) is 7.73. The molecule has 0 unspecified atom stereocenters. The summed E-state index contributed by atoms with van der Waals surface area (Å²) < 4.78 is 9.68. The van der Waals surface area contributed by atoms with Crippen molar-refractivity contribution in [3.8, 4) is 0 Å². The van der Waals surface area contributed by atoms with E-state index >= 15 is 0 Å². The third-order valence-electron chi connectivity index (χ3n) is 5.40. The highest BCUT2D eigenvalue weighted by Crippen LogP contribution is 2.55. The molecule has 6 nitrogen and oxygen atoms in total. The van der Waals surface area contributed by atoms with Crippen molar-refractivity contribution in [1.82, 2.24) is 5.06 Å². The second kappa shape index (κ2) is 5.57. The number of hydrogen-bond donors (Lipinski definition) is 0. The van der Waals surface area contributed by atoms with Crippen LogP contribution >= 0.6 is 0 Å². The summed E-state index contributed by atoms with van der Waals surface area (Å²) in [5.74, 6) is -0.344. The lowest BCUT2D eigenvalue weighted by molar-refractivity contribution is -0.208. The fraction of sp³-hybridized carbons (Fsp3) is 0.867. The van der Waals surface area contributed by atoms with E-state index in [0.29, 0.717) is 6.42 Å². The van der Waals surface area contributed by atoms with Crippen molar-refractivity contribution in [2.24, 2.45) is 5.92 Å². The molecule has 1 spiro atoms. The van der Waals surface area contributed by atoms with Crippen LogP contribution in [0.25, 0.3) is 0 Å². The van der Waals surface area contributed by atoms with Crippen LogP contribution in [0.15, 0.2) is 0 Å². The highest BCUT2D eigenvalue weighted by atomic mass is 16.7. The van der Waals surface area contributed by atoms with Crippen LogP contribution in [0.3, 0.4) is 0 Å². The van der Waals surface area contributed by atoms with Crippen LogP contribution in [-0.2, 0) is 23.9 Å². The third-order valence-corrected chi connectivity index (χ3v) is 5.40. The monoisotopic (exact) mass is 297 g/mol. The van der Waals surface area contributed by atoms with Gasteiger partial charge < -0.3 is 9.47 Å². The van der Waals surface area contributed by atoms with Gasteiger partial charge in [-0.15, -0.1) is 0 Å². The zero-order valence-electron chi connectivity index (χ0n) is 12.7. The molecule has 6 heteroatoms. The molecule has 3 aliphatic rings. The second-order valence-electron chi connectivity index (χ2n) is 6.30. The van der Waals surface area contributed by atoms with Crippen LogP contribution in [0.1, 0.15) is 44.9 Å². The normalized spacial score (nSPS) is 38.7. The Labute approximate surface area is 124 Å². The molecule has 1 saturated carbocycles. The summed E-state index contributed by atoms with van der Waals surface area (Å²) >= 11 is 0. The minimum atomic E-state index is -0.518. The number of hydroxylamine groups is 2. The average Bonchev–Trinajstić information content (AvgIpc) is 3.00. The molecule has 0 bridgehead atoms. The summed E-state index contributed by atoms with van der Waals surface area (Å²) in [5.41, 5.74) is -0.0875. The van der Waals surface area contributed by atoms with Crippen LogP contribution < -0.4 is 0 Å². The predicted octanol–water partition coefficient (Wildman–Crippen LogP) is 1.43. The first-order valence-electron chi connectivity index (χ1n) is 7.73. The highest BCUT2D eigenvalue weighted by Gasteiger charge is 2.62. The van der Waals surface area contributed by atoms with Crippen molar-refractivity contribution in [3.05, 3.63) is 0 Å². The van der Waals surface area contributed by atoms with Gasteiger partial charge >= 0.3 is 11.9 Å². The minimum Gasteiger partial charge on any atom is -0.469 e. The molecule has 2 aliphatic heterocycles. The Kier molecular flexibility index (Phi) is 3.92. The van der Waals surface area contributed by atoms with Crippen molar-refractivity contribution in [2.45, 2.75) is 62.6 Å². The molecular formula is C15H23NO5. The number of rotatable bonds is 3. The van der Waals surface area contributed by atoms with E-state index in [9.17, 15) is 9.59 Å².